The lowest BCUT2D eigenvalue weighted by molar-refractivity contribution is 0.0494. The first-order valence-corrected chi connectivity index (χ1v) is 7.91. The van der Waals surface area contributed by atoms with E-state index in [1.54, 1.807) is 12.3 Å². The highest BCUT2D eigenvalue weighted by Gasteiger charge is 2.28. The number of nitrogens with zero attached hydrogens (tertiary/aromatic N) is 3. The van der Waals surface area contributed by atoms with Crippen molar-refractivity contribution in [2.24, 2.45) is 0 Å². The number of alkyl carbamates (subject to hydrolysis) is 1. The van der Waals surface area contributed by atoms with Crippen LogP contribution in [0.5, 0.6) is 0 Å². The Morgan fingerprint density at radius 2 is 2.22 bits per heavy atom. The number of ether oxygens (including phenoxy) is 1. The molecule has 1 aromatic heterocycles. The predicted molar refractivity (Wildman–Crippen MR) is 88.2 cm³/mol. The normalized spacial score (nSPS) is 21.4. The van der Waals surface area contributed by atoms with E-state index in [4.69, 9.17) is 10.00 Å². The lowest BCUT2D eigenvalue weighted by atomic mass is 9.98. The molecule has 2 rings (SSSR count). The van der Waals surface area contributed by atoms with Crippen molar-refractivity contribution in [2.75, 3.05) is 11.4 Å². The molecule has 0 saturated carbocycles. The quantitative estimate of drug-likeness (QED) is 0.907. The monoisotopic (exact) mass is 316 g/mol. The van der Waals surface area contributed by atoms with E-state index in [0.29, 0.717) is 5.56 Å². The Morgan fingerprint density at radius 3 is 2.74 bits per heavy atom. The van der Waals surface area contributed by atoms with Crippen LogP contribution in [0, 0.1) is 11.3 Å². The third kappa shape index (κ3) is 4.85. The number of carbonyl (C=O) groups is 1. The van der Waals surface area contributed by atoms with Gasteiger partial charge in [-0.05, 0) is 52.7 Å². The van der Waals surface area contributed by atoms with Crippen LogP contribution in [0.4, 0.5) is 10.6 Å². The molecule has 0 aliphatic carbocycles. The van der Waals surface area contributed by atoms with Gasteiger partial charge in [-0.15, -0.1) is 0 Å². The first-order chi connectivity index (χ1) is 10.8. The van der Waals surface area contributed by atoms with Crippen molar-refractivity contribution in [1.82, 2.24) is 10.3 Å². The average Bonchev–Trinajstić information content (AvgIpc) is 2.45. The Morgan fingerprint density at radius 1 is 1.48 bits per heavy atom. The van der Waals surface area contributed by atoms with Crippen molar-refractivity contribution in [2.45, 2.75) is 58.2 Å². The summed E-state index contributed by atoms with van der Waals surface area (Å²) in [4.78, 5) is 18.4. The lowest BCUT2D eigenvalue weighted by Gasteiger charge is -2.38. The zero-order valence-electron chi connectivity index (χ0n) is 14.2. The van der Waals surface area contributed by atoms with Gasteiger partial charge in [0, 0.05) is 24.8 Å². The second-order valence-electron chi connectivity index (χ2n) is 6.93. The van der Waals surface area contributed by atoms with Gasteiger partial charge in [-0.25, -0.2) is 9.78 Å². The first-order valence-electron chi connectivity index (χ1n) is 7.91. The van der Waals surface area contributed by atoms with Gasteiger partial charge >= 0.3 is 6.09 Å². The highest BCUT2D eigenvalue weighted by atomic mass is 16.6. The molecule has 0 radical (unpaired) electrons. The smallest absolute Gasteiger partial charge is 0.407 e. The lowest BCUT2D eigenvalue weighted by Crippen LogP contribution is -2.50. The number of nitrogens with one attached hydrogen (secondary N) is 1. The summed E-state index contributed by atoms with van der Waals surface area (Å²) in [5.74, 6) is 0.868. The Labute approximate surface area is 137 Å². The van der Waals surface area contributed by atoms with Crippen LogP contribution >= 0.6 is 0 Å². The van der Waals surface area contributed by atoms with Gasteiger partial charge in [0.25, 0.3) is 0 Å². The maximum atomic E-state index is 11.9. The molecule has 124 valence electrons. The minimum absolute atomic E-state index is 0.106. The summed E-state index contributed by atoms with van der Waals surface area (Å²) >= 11 is 0. The number of piperidine rings is 1. The summed E-state index contributed by atoms with van der Waals surface area (Å²) in [6, 6.07) is 6.08. The fourth-order valence-corrected chi connectivity index (χ4v) is 2.74. The van der Waals surface area contributed by atoms with E-state index in [2.05, 4.69) is 28.2 Å². The van der Waals surface area contributed by atoms with Gasteiger partial charge in [-0.1, -0.05) is 0 Å². The molecule has 2 atom stereocenters. The number of rotatable bonds is 2. The van der Waals surface area contributed by atoms with E-state index in [0.717, 1.165) is 25.2 Å². The molecule has 1 N–H and O–H groups in total. The molecule has 23 heavy (non-hydrogen) atoms. The summed E-state index contributed by atoms with van der Waals surface area (Å²) in [7, 11) is 0. The molecular weight excluding hydrogens is 292 g/mol. The van der Waals surface area contributed by atoms with Crippen LogP contribution in [0.1, 0.15) is 46.1 Å². The molecule has 6 heteroatoms. The maximum Gasteiger partial charge on any atom is 0.407 e. The number of hydrogen-bond donors (Lipinski definition) is 1. The van der Waals surface area contributed by atoms with Crippen LogP contribution < -0.4 is 10.2 Å². The molecule has 1 amide bonds. The number of amides is 1. The summed E-state index contributed by atoms with van der Waals surface area (Å²) in [6.45, 7) is 8.49. The third-order valence-electron chi connectivity index (χ3n) is 3.77. The molecule has 0 aromatic carbocycles. The van der Waals surface area contributed by atoms with E-state index >= 15 is 0 Å². The molecule has 2 heterocycles. The van der Waals surface area contributed by atoms with Crippen molar-refractivity contribution >= 4 is 11.9 Å². The van der Waals surface area contributed by atoms with Crippen molar-refractivity contribution in [1.29, 1.82) is 5.26 Å². The largest absolute Gasteiger partial charge is 0.444 e. The van der Waals surface area contributed by atoms with Crippen molar-refractivity contribution in [3.8, 4) is 6.07 Å². The zero-order chi connectivity index (χ0) is 17.0. The van der Waals surface area contributed by atoms with E-state index in [1.165, 1.54) is 0 Å². The van der Waals surface area contributed by atoms with Gasteiger partial charge in [0.15, 0.2) is 0 Å². The molecule has 1 aromatic rings. The topological polar surface area (TPSA) is 78.2 Å². The van der Waals surface area contributed by atoms with Crippen LogP contribution in [0.3, 0.4) is 0 Å². The second-order valence-corrected chi connectivity index (χ2v) is 6.93. The minimum atomic E-state index is -0.483. The third-order valence-corrected chi connectivity index (χ3v) is 3.77. The average molecular weight is 316 g/mol. The van der Waals surface area contributed by atoms with Crippen molar-refractivity contribution in [3.05, 3.63) is 23.9 Å². The molecule has 0 spiro atoms. The van der Waals surface area contributed by atoms with Gasteiger partial charge in [-0.2, -0.15) is 5.26 Å². The number of anilines is 1. The van der Waals surface area contributed by atoms with Crippen molar-refractivity contribution < 1.29 is 9.53 Å². The minimum Gasteiger partial charge on any atom is -0.444 e. The van der Waals surface area contributed by atoms with Crippen LogP contribution in [0.15, 0.2) is 18.3 Å². The highest BCUT2D eigenvalue weighted by Crippen LogP contribution is 2.23. The van der Waals surface area contributed by atoms with E-state index in [1.807, 2.05) is 26.8 Å². The molecule has 1 saturated heterocycles. The summed E-state index contributed by atoms with van der Waals surface area (Å²) in [5, 5.41) is 11.8. The van der Waals surface area contributed by atoms with E-state index in [9.17, 15) is 4.79 Å². The molecule has 2 unspecified atom stereocenters. The Balaban J connectivity index is 1.92. The summed E-state index contributed by atoms with van der Waals surface area (Å²) < 4.78 is 5.31. The predicted octanol–water partition coefficient (Wildman–Crippen LogP) is 2.84. The molecule has 1 aliphatic heterocycles. The maximum absolute atomic E-state index is 11.9. The standard InChI is InChI=1S/C17H24N4O2/c1-12-9-14(20-16(22)23-17(2,3)4)7-8-21(12)15-6-5-13(10-18)11-19-15/h5-6,11-12,14H,7-9H2,1-4H3,(H,20,22). The second kappa shape index (κ2) is 6.86. The number of hydrogen-bond acceptors (Lipinski definition) is 5. The van der Waals surface area contributed by atoms with Gasteiger partial charge in [0.05, 0.1) is 5.56 Å². The number of carbonyl (C=O) groups excluding carboxylic acids is 1. The Hall–Kier alpha value is -2.29. The summed E-state index contributed by atoms with van der Waals surface area (Å²) in [5.41, 5.74) is 0.0749. The Bertz CT molecular complexity index is 586. The Kier molecular flexibility index (Phi) is 5.09. The van der Waals surface area contributed by atoms with Crippen LogP contribution in [-0.4, -0.2) is 35.3 Å². The number of aromatic nitrogens is 1. The van der Waals surface area contributed by atoms with Crippen LogP contribution in [0.25, 0.3) is 0 Å². The molecule has 1 aliphatic rings. The fourth-order valence-electron chi connectivity index (χ4n) is 2.74. The zero-order valence-corrected chi connectivity index (χ0v) is 14.2. The van der Waals surface area contributed by atoms with Crippen molar-refractivity contribution in [3.63, 3.8) is 0 Å². The molecular formula is C17H24N4O2. The fraction of sp³-hybridized carbons (Fsp3) is 0.588. The first kappa shape index (κ1) is 17.1. The molecule has 6 nitrogen and oxygen atoms in total. The number of pyridine rings is 1. The summed E-state index contributed by atoms with van der Waals surface area (Å²) in [6.07, 6.45) is 2.90. The molecule has 1 fully saturated rings. The van der Waals surface area contributed by atoms with Gasteiger partial charge < -0.3 is 15.0 Å². The van der Waals surface area contributed by atoms with Gasteiger partial charge in [0.1, 0.15) is 17.5 Å². The van der Waals surface area contributed by atoms with E-state index in [-0.39, 0.29) is 18.2 Å². The van der Waals surface area contributed by atoms with Gasteiger partial charge in [-0.3, -0.25) is 0 Å². The van der Waals surface area contributed by atoms with Gasteiger partial charge in [0.2, 0.25) is 0 Å². The van der Waals surface area contributed by atoms with Crippen LogP contribution in [0.2, 0.25) is 0 Å². The number of nitriles is 1. The SMILES string of the molecule is CC1CC(NC(=O)OC(C)(C)C)CCN1c1ccc(C#N)cn1. The highest BCUT2D eigenvalue weighted by molar-refractivity contribution is 5.68. The van der Waals surface area contributed by atoms with E-state index < -0.39 is 5.60 Å². The van der Waals surface area contributed by atoms with Crippen LogP contribution in [-0.2, 0) is 4.74 Å². The molecule has 0 bridgehead atoms.